The molecule has 0 radical (unpaired) electrons. The Morgan fingerprint density at radius 3 is 2.41 bits per heavy atom. The molecule has 0 fully saturated rings. The Bertz CT molecular complexity index is 1110. The van der Waals surface area contributed by atoms with E-state index in [-0.39, 0.29) is 32.2 Å². The Balaban J connectivity index is 0.00000210. The van der Waals surface area contributed by atoms with Crippen molar-refractivity contribution in [2.45, 2.75) is 22.8 Å². The van der Waals surface area contributed by atoms with E-state index in [0.29, 0.717) is 17.9 Å². The maximum absolute atomic E-state index is 13.1. The summed E-state index contributed by atoms with van der Waals surface area (Å²) in [5.74, 6) is 1.24. The Hall–Kier alpha value is -1.44. The van der Waals surface area contributed by atoms with E-state index < -0.39 is 9.84 Å². The van der Waals surface area contributed by atoms with Crippen molar-refractivity contribution in [1.29, 1.82) is 0 Å². The molecule has 0 bridgehead atoms. The number of halogens is 3. The Morgan fingerprint density at radius 1 is 1.07 bits per heavy atom. The van der Waals surface area contributed by atoms with Crippen LogP contribution < -0.4 is 10.1 Å². The summed E-state index contributed by atoms with van der Waals surface area (Å²) < 4.78 is 37.6. The van der Waals surface area contributed by atoms with Gasteiger partial charge in [0.2, 0.25) is 9.84 Å². The van der Waals surface area contributed by atoms with Gasteiger partial charge in [0, 0.05) is 46.6 Å². The Kier molecular flexibility index (Phi) is 5.66. The number of ether oxygens (including phenoxy) is 1. The molecular weight excluding hydrogens is 433 g/mol. The summed E-state index contributed by atoms with van der Waals surface area (Å²) in [7, 11) is -2.34. The molecule has 0 saturated carbocycles. The lowest BCUT2D eigenvalue weighted by Gasteiger charge is -2.11. The summed E-state index contributed by atoms with van der Waals surface area (Å²) in [6.45, 7) is 1.44. The van der Waals surface area contributed by atoms with Crippen LogP contribution in [0.25, 0.3) is 11.0 Å². The zero-order valence-corrected chi connectivity index (χ0v) is 17.4. The van der Waals surface area contributed by atoms with Crippen LogP contribution in [-0.2, 0) is 22.8 Å². The van der Waals surface area contributed by atoms with Gasteiger partial charge in [-0.25, -0.2) is 8.42 Å². The predicted octanol–water partition coefficient (Wildman–Crippen LogP) is 4.65. The van der Waals surface area contributed by atoms with Gasteiger partial charge in [-0.15, -0.1) is 12.4 Å². The Morgan fingerprint density at radius 2 is 1.74 bits per heavy atom. The molecule has 2 heterocycles. The van der Waals surface area contributed by atoms with Gasteiger partial charge in [-0.3, -0.25) is 0 Å². The van der Waals surface area contributed by atoms with E-state index in [2.05, 4.69) is 5.32 Å². The molecule has 1 aliphatic rings. The number of rotatable bonds is 3. The molecule has 1 aliphatic heterocycles. The predicted molar refractivity (Wildman–Crippen MR) is 107 cm³/mol. The molecule has 5 nitrogen and oxygen atoms in total. The second kappa shape index (κ2) is 7.53. The van der Waals surface area contributed by atoms with Crippen LogP contribution in [0, 0.1) is 0 Å². The number of hydrogen-bond donors (Lipinski definition) is 1. The van der Waals surface area contributed by atoms with E-state index in [4.69, 9.17) is 32.4 Å². The topological polar surface area (TPSA) is 68.5 Å². The molecule has 0 amide bonds. The van der Waals surface area contributed by atoms with Crippen LogP contribution in [0.5, 0.6) is 5.75 Å². The van der Waals surface area contributed by atoms with Gasteiger partial charge in [-0.1, -0.05) is 23.2 Å². The third kappa shape index (κ3) is 3.52. The van der Waals surface area contributed by atoms with Gasteiger partial charge < -0.3 is 14.5 Å². The molecule has 27 heavy (non-hydrogen) atoms. The van der Waals surface area contributed by atoms with Crippen molar-refractivity contribution in [3.05, 3.63) is 51.7 Å². The number of methoxy groups -OCH3 is 1. The first kappa shape index (κ1) is 20.3. The molecule has 4 rings (SSSR count). The fourth-order valence-corrected chi connectivity index (χ4v) is 5.21. The van der Waals surface area contributed by atoms with Crippen LogP contribution in [0.2, 0.25) is 10.0 Å². The molecule has 144 valence electrons. The normalized spacial score (nSPS) is 13.9. The third-order valence-electron chi connectivity index (χ3n) is 4.42. The highest BCUT2D eigenvalue weighted by atomic mass is 35.5. The number of nitrogens with one attached hydrogen (secondary N) is 1. The highest BCUT2D eigenvalue weighted by Gasteiger charge is 2.25. The summed E-state index contributed by atoms with van der Waals surface area (Å²) in [4.78, 5) is 0.140. The minimum atomic E-state index is -3.82. The molecule has 3 aromatic rings. The van der Waals surface area contributed by atoms with E-state index in [1.807, 2.05) is 0 Å². The van der Waals surface area contributed by atoms with Crippen LogP contribution in [-0.4, -0.2) is 22.1 Å². The summed E-state index contributed by atoms with van der Waals surface area (Å²) >= 11 is 12.0. The quantitative estimate of drug-likeness (QED) is 0.632. The molecule has 1 N–H and O–H groups in total. The molecule has 0 atom stereocenters. The maximum Gasteiger partial charge on any atom is 0.206 e. The smallest absolute Gasteiger partial charge is 0.206 e. The van der Waals surface area contributed by atoms with Crippen molar-refractivity contribution < 1.29 is 17.6 Å². The van der Waals surface area contributed by atoms with Crippen molar-refractivity contribution in [2.75, 3.05) is 13.7 Å². The second-order valence-corrected chi connectivity index (χ2v) is 8.86. The zero-order valence-electron chi connectivity index (χ0n) is 14.2. The lowest BCUT2D eigenvalue weighted by molar-refractivity contribution is 0.404. The second-order valence-electron chi connectivity index (χ2n) is 6.04. The van der Waals surface area contributed by atoms with Gasteiger partial charge in [0.1, 0.15) is 5.76 Å². The van der Waals surface area contributed by atoms with Crippen LogP contribution in [0.4, 0.5) is 0 Å². The highest BCUT2D eigenvalue weighted by molar-refractivity contribution is 7.91. The van der Waals surface area contributed by atoms with Gasteiger partial charge in [-0.05, 0) is 24.3 Å². The highest BCUT2D eigenvalue weighted by Crippen LogP contribution is 2.38. The van der Waals surface area contributed by atoms with Gasteiger partial charge in [0.25, 0.3) is 0 Å². The average Bonchev–Trinajstić information content (AvgIpc) is 2.98. The largest absolute Gasteiger partial charge is 0.493 e. The standard InChI is InChI=1S/C18H15Cl2NO4S.ClH/c1-24-17-8-13(26(22,23)12-5-10(19)4-11(20)6-12)7-14-15-9-21-3-2-16(15)25-18(14)17;/h4-8,21H,2-3,9H2,1H3;1H. The first-order chi connectivity index (χ1) is 12.4. The van der Waals surface area contributed by atoms with Crippen molar-refractivity contribution in [3.8, 4) is 5.75 Å². The molecule has 0 unspecified atom stereocenters. The molecule has 0 spiro atoms. The Labute approximate surface area is 172 Å². The molecule has 0 saturated heterocycles. The van der Waals surface area contributed by atoms with Gasteiger partial charge in [-0.2, -0.15) is 0 Å². The molecule has 1 aromatic heterocycles. The van der Waals surface area contributed by atoms with Crippen molar-refractivity contribution >= 4 is 56.4 Å². The first-order valence-electron chi connectivity index (χ1n) is 7.94. The monoisotopic (exact) mass is 447 g/mol. The summed E-state index contributed by atoms with van der Waals surface area (Å²) in [6, 6.07) is 7.34. The summed E-state index contributed by atoms with van der Waals surface area (Å²) in [5, 5.41) is 4.53. The van der Waals surface area contributed by atoms with Crippen molar-refractivity contribution in [1.82, 2.24) is 5.32 Å². The first-order valence-corrected chi connectivity index (χ1v) is 10.2. The van der Waals surface area contributed by atoms with Crippen molar-refractivity contribution in [3.63, 3.8) is 0 Å². The molecule has 2 aromatic carbocycles. The lowest BCUT2D eigenvalue weighted by atomic mass is 10.1. The van der Waals surface area contributed by atoms with Crippen molar-refractivity contribution in [2.24, 2.45) is 0 Å². The van der Waals surface area contributed by atoms with Gasteiger partial charge >= 0.3 is 0 Å². The average molecular weight is 449 g/mol. The third-order valence-corrected chi connectivity index (χ3v) is 6.57. The van der Waals surface area contributed by atoms with Crippen LogP contribution >= 0.6 is 35.6 Å². The molecular formula is C18H16Cl3NO4S. The van der Waals surface area contributed by atoms with E-state index in [0.717, 1.165) is 29.7 Å². The number of hydrogen-bond acceptors (Lipinski definition) is 5. The minimum Gasteiger partial charge on any atom is -0.493 e. The van der Waals surface area contributed by atoms with E-state index in [1.165, 1.54) is 31.4 Å². The minimum absolute atomic E-state index is 0. The fourth-order valence-electron chi connectivity index (χ4n) is 3.18. The SMILES string of the molecule is COc1cc(S(=O)(=O)c2cc(Cl)cc(Cl)c2)cc2c3c(oc12)CCNC3.Cl. The van der Waals surface area contributed by atoms with E-state index in [1.54, 1.807) is 6.07 Å². The fraction of sp³-hybridized carbons (Fsp3) is 0.222. The van der Waals surface area contributed by atoms with E-state index >= 15 is 0 Å². The van der Waals surface area contributed by atoms with Gasteiger partial charge in [0.05, 0.1) is 16.9 Å². The van der Waals surface area contributed by atoms with Crippen LogP contribution in [0.1, 0.15) is 11.3 Å². The van der Waals surface area contributed by atoms with Gasteiger partial charge in [0.15, 0.2) is 11.3 Å². The summed E-state index contributed by atoms with van der Waals surface area (Å²) in [6.07, 6.45) is 0.749. The maximum atomic E-state index is 13.1. The number of benzene rings is 2. The van der Waals surface area contributed by atoms with E-state index in [9.17, 15) is 8.42 Å². The van der Waals surface area contributed by atoms with Crippen LogP contribution in [0.3, 0.4) is 0 Å². The molecule has 0 aliphatic carbocycles. The zero-order chi connectivity index (χ0) is 18.5. The summed E-state index contributed by atoms with van der Waals surface area (Å²) in [5.41, 5.74) is 1.52. The molecule has 9 heteroatoms. The van der Waals surface area contributed by atoms with Crippen LogP contribution in [0.15, 0.2) is 44.5 Å². The lowest BCUT2D eigenvalue weighted by Crippen LogP contribution is -2.22. The number of furan rings is 1. The number of fused-ring (bicyclic) bond motifs is 3. The number of sulfone groups is 1.